The van der Waals surface area contributed by atoms with E-state index in [1.54, 1.807) is 30.6 Å². The van der Waals surface area contributed by atoms with Gasteiger partial charge in [0, 0.05) is 17.9 Å². The molecule has 1 heterocycles. The lowest BCUT2D eigenvalue weighted by Crippen LogP contribution is -2.25. The van der Waals surface area contributed by atoms with Gasteiger partial charge in [-0.3, -0.25) is 9.36 Å². The molecule has 2 aromatic carbocycles. The molecule has 0 spiro atoms. The maximum absolute atomic E-state index is 12.4. The summed E-state index contributed by atoms with van der Waals surface area (Å²) in [4.78, 5) is 12.4. The summed E-state index contributed by atoms with van der Waals surface area (Å²) >= 11 is 1.29. The van der Waals surface area contributed by atoms with E-state index in [2.05, 4.69) is 39.8 Å². The van der Waals surface area contributed by atoms with E-state index >= 15 is 0 Å². The SMILES string of the molecule is C=CCNS(=O)(=O)Cc1ccc(NC(=O)CSc2nncn2-c2ccc(C)c(C)c2)cc1. The molecule has 10 heteroatoms. The first-order valence-electron chi connectivity index (χ1n) is 9.85. The predicted octanol–water partition coefficient (Wildman–Crippen LogP) is 3.22. The van der Waals surface area contributed by atoms with Crippen LogP contribution in [0, 0.1) is 13.8 Å². The third-order valence-corrected chi connectivity index (χ3v) is 6.92. The van der Waals surface area contributed by atoms with E-state index in [0.29, 0.717) is 16.4 Å². The van der Waals surface area contributed by atoms with Crippen LogP contribution >= 0.6 is 11.8 Å². The molecule has 168 valence electrons. The van der Waals surface area contributed by atoms with Crippen molar-refractivity contribution in [1.29, 1.82) is 0 Å². The van der Waals surface area contributed by atoms with Crippen molar-refractivity contribution in [3.63, 3.8) is 0 Å². The standard InChI is InChI=1S/C22H25N5O3S2/c1-4-11-24-32(29,30)14-18-6-8-19(9-7-18)25-21(28)13-31-22-26-23-15-27(22)20-10-5-16(2)17(3)12-20/h4-10,12,15,24H,1,11,13-14H2,2-3H3,(H,25,28). The van der Waals surface area contributed by atoms with E-state index in [4.69, 9.17) is 0 Å². The van der Waals surface area contributed by atoms with Gasteiger partial charge in [0.2, 0.25) is 15.9 Å². The molecule has 0 fully saturated rings. The Balaban J connectivity index is 1.56. The fourth-order valence-electron chi connectivity index (χ4n) is 2.84. The molecule has 32 heavy (non-hydrogen) atoms. The molecule has 8 nitrogen and oxygen atoms in total. The Labute approximate surface area is 192 Å². The van der Waals surface area contributed by atoms with Crippen LogP contribution in [0.25, 0.3) is 5.69 Å². The van der Waals surface area contributed by atoms with Crippen molar-refractivity contribution in [3.8, 4) is 5.69 Å². The van der Waals surface area contributed by atoms with Crippen LogP contribution < -0.4 is 10.0 Å². The summed E-state index contributed by atoms with van der Waals surface area (Å²) in [5.74, 6) is -0.179. The minimum absolute atomic E-state index is 0.140. The molecule has 1 aromatic heterocycles. The molecule has 0 atom stereocenters. The summed E-state index contributed by atoms with van der Waals surface area (Å²) in [5, 5.41) is 11.5. The number of rotatable bonds is 10. The zero-order valence-electron chi connectivity index (χ0n) is 17.9. The van der Waals surface area contributed by atoms with Gasteiger partial charge in [0.05, 0.1) is 11.5 Å². The lowest BCUT2D eigenvalue weighted by atomic mass is 10.1. The third kappa shape index (κ3) is 6.52. The number of anilines is 1. The lowest BCUT2D eigenvalue weighted by molar-refractivity contribution is -0.113. The number of amides is 1. The average Bonchev–Trinajstić information content (AvgIpc) is 3.23. The molecule has 0 unspecified atom stereocenters. The van der Waals surface area contributed by atoms with Crippen LogP contribution in [0.4, 0.5) is 5.69 Å². The van der Waals surface area contributed by atoms with E-state index < -0.39 is 10.0 Å². The third-order valence-electron chi connectivity index (χ3n) is 4.66. The largest absolute Gasteiger partial charge is 0.325 e. The van der Waals surface area contributed by atoms with Crippen molar-refractivity contribution in [2.24, 2.45) is 0 Å². The Morgan fingerprint density at radius 2 is 1.91 bits per heavy atom. The summed E-state index contributed by atoms with van der Waals surface area (Å²) < 4.78 is 28.2. The molecule has 0 aliphatic carbocycles. The number of nitrogens with one attached hydrogen (secondary N) is 2. The highest BCUT2D eigenvalue weighted by molar-refractivity contribution is 7.99. The molecular formula is C22H25N5O3S2. The molecule has 0 saturated carbocycles. The normalized spacial score (nSPS) is 11.3. The number of sulfonamides is 1. The van der Waals surface area contributed by atoms with Crippen LogP contribution in [-0.2, 0) is 20.6 Å². The van der Waals surface area contributed by atoms with Crippen molar-refractivity contribution in [3.05, 3.63) is 78.1 Å². The second kappa shape index (κ2) is 10.6. The fourth-order valence-corrected chi connectivity index (χ4v) is 4.68. The average molecular weight is 472 g/mol. The number of nitrogens with zero attached hydrogens (tertiary/aromatic N) is 3. The van der Waals surface area contributed by atoms with Gasteiger partial charge >= 0.3 is 0 Å². The molecule has 3 aromatic rings. The quantitative estimate of drug-likeness (QED) is 0.347. The number of hydrogen-bond acceptors (Lipinski definition) is 6. The number of benzene rings is 2. The Bertz CT molecular complexity index is 1200. The fraction of sp³-hybridized carbons (Fsp3) is 0.227. The highest BCUT2D eigenvalue weighted by Gasteiger charge is 2.12. The van der Waals surface area contributed by atoms with Crippen molar-refractivity contribution < 1.29 is 13.2 Å². The van der Waals surface area contributed by atoms with Crippen molar-refractivity contribution in [2.45, 2.75) is 24.8 Å². The van der Waals surface area contributed by atoms with E-state index in [1.165, 1.54) is 23.4 Å². The van der Waals surface area contributed by atoms with Gasteiger partial charge in [-0.15, -0.1) is 16.8 Å². The van der Waals surface area contributed by atoms with Crippen LogP contribution in [0.1, 0.15) is 16.7 Å². The van der Waals surface area contributed by atoms with E-state index in [-0.39, 0.29) is 24.0 Å². The van der Waals surface area contributed by atoms with Gasteiger partial charge < -0.3 is 5.32 Å². The maximum Gasteiger partial charge on any atom is 0.234 e. The Kier molecular flexibility index (Phi) is 7.84. The lowest BCUT2D eigenvalue weighted by Gasteiger charge is -2.09. The first kappa shape index (κ1) is 23.7. The molecule has 0 aliphatic rings. The highest BCUT2D eigenvalue weighted by atomic mass is 32.2. The van der Waals surface area contributed by atoms with Crippen LogP contribution in [0.2, 0.25) is 0 Å². The highest BCUT2D eigenvalue weighted by Crippen LogP contribution is 2.22. The van der Waals surface area contributed by atoms with Gasteiger partial charge in [-0.25, -0.2) is 13.1 Å². The van der Waals surface area contributed by atoms with Gasteiger partial charge in [-0.2, -0.15) is 0 Å². The van der Waals surface area contributed by atoms with Gasteiger partial charge in [-0.1, -0.05) is 36.0 Å². The van der Waals surface area contributed by atoms with Gasteiger partial charge in [-0.05, 0) is 54.8 Å². The molecule has 0 aliphatic heterocycles. The molecule has 0 saturated heterocycles. The van der Waals surface area contributed by atoms with Crippen LogP contribution in [0.5, 0.6) is 0 Å². The topological polar surface area (TPSA) is 106 Å². The number of carbonyl (C=O) groups is 1. The second-order valence-corrected chi connectivity index (χ2v) is 9.93. The van der Waals surface area contributed by atoms with Crippen LogP contribution in [0.15, 0.2) is 66.6 Å². The summed E-state index contributed by atoms with van der Waals surface area (Å²) in [7, 11) is -3.43. The summed E-state index contributed by atoms with van der Waals surface area (Å²) in [5.41, 5.74) is 4.51. The first-order chi connectivity index (χ1) is 15.3. The number of carbonyl (C=O) groups excluding carboxylic acids is 1. The molecule has 0 bridgehead atoms. The zero-order valence-corrected chi connectivity index (χ0v) is 19.5. The zero-order chi connectivity index (χ0) is 23.1. The molecule has 0 radical (unpaired) electrons. The monoisotopic (exact) mass is 471 g/mol. The summed E-state index contributed by atoms with van der Waals surface area (Å²) in [6, 6.07) is 12.8. The summed E-state index contributed by atoms with van der Waals surface area (Å²) in [6.45, 7) is 7.77. The van der Waals surface area contributed by atoms with Crippen molar-refractivity contribution in [2.75, 3.05) is 17.6 Å². The van der Waals surface area contributed by atoms with Crippen LogP contribution in [0.3, 0.4) is 0 Å². The molecule has 1 amide bonds. The minimum atomic E-state index is -3.43. The number of thioether (sulfide) groups is 1. The van der Waals surface area contributed by atoms with Crippen molar-refractivity contribution in [1.82, 2.24) is 19.5 Å². The second-order valence-electron chi connectivity index (χ2n) is 7.18. The molecule has 2 N–H and O–H groups in total. The maximum atomic E-state index is 12.4. The Morgan fingerprint density at radius 3 is 2.59 bits per heavy atom. The Hall–Kier alpha value is -2.95. The first-order valence-corrected chi connectivity index (χ1v) is 12.5. The van der Waals surface area contributed by atoms with Gasteiger partial charge in [0.15, 0.2) is 5.16 Å². The van der Waals surface area contributed by atoms with Crippen LogP contribution in [-0.4, -0.2) is 41.4 Å². The minimum Gasteiger partial charge on any atom is -0.325 e. The van der Waals surface area contributed by atoms with Crippen molar-refractivity contribution >= 4 is 33.4 Å². The van der Waals surface area contributed by atoms with Gasteiger partial charge in [0.1, 0.15) is 6.33 Å². The molecular weight excluding hydrogens is 446 g/mol. The summed E-state index contributed by atoms with van der Waals surface area (Å²) in [6.07, 6.45) is 3.11. The number of aryl methyl sites for hydroxylation is 2. The van der Waals surface area contributed by atoms with E-state index in [9.17, 15) is 13.2 Å². The number of aromatic nitrogens is 3. The van der Waals surface area contributed by atoms with E-state index in [1.807, 2.05) is 23.6 Å². The predicted molar refractivity (Wildman–Crippen MR) is 127 cm³/mol. The molecule has 3 rings (SSSR count). The Morgan fingerprint density at radius 1 is 1.16 bits per heavy atom. The van der Waals surface area contributed by atoms with E-state index in [0.717, 1.165) is 11.3 Å². The number of hydrogen-bond donors (Lipinski definition) is 2. The smallest absolute Gasteiger partial charge is 0.234 e. The van der Waals surface area contributed by atoms with Gasteiger partial charge in [0.25, 0.3) is 0 Å².